The summed E-state index contributed by atoms with van der Waals surface area (Å²) in [4.78, 5) is 1.98. The first-order valence-corrected chi connectivity index (χ1v) is 10.5. The normalized spacial score (nSPS) is 12.7. The Balaban J connectivity index is 2.24. The highest BCUT2D eigenvalue weighted by atomic mass is 32.2. The number of primary sulfonamides is 1. The van der Waals surface area contributed by atoms with Gasteiger partial charge in [0.25, 0.3) is 0 Å². The van der Waals surface area contributed by atoms with Gasteiger partial charge in [0.1, 0.15) is 16.7 Å². The van der Waals surface area contributed by atoms with E-state index in [1.165, 1.54) is 6.07 Å². The van der Waals surface area contributed by atoms with Crippen LogP contribution in [-0.4, -0.2) is 32.7 Å². The minimum Gasteiger partial charge on any atom is -0.505 e. The molecule has 0 aliphatic heterocycles. The summed E-state index contributed by atoms with van der Waals surface area (Å²) in [6.07, 6.45) is -0.929. The summed E-state index contributed by atoms with van der Waals surface area (Å²) in [6.45, 7) is 0. The molecule has 3 rings (SSSR count). The predicted octanol–water partition coefficient (Wildman–Crippen LogP) is 2.92. The third kappa shape index (κ3) is 3.84. The van der Waals surface area contributed by atoms with Gasteiger partial charge in [-0.1, -0.05) is 30.3 Å². The highest BCUT2D eigenvalue weighted by Gasteiger charge is 2.23. The van der Waals surface area contributed by atoms with Crippen molar-refractivity contribution in [3.8, 4) is 16.2 Å². The molecular weight excluding hydrogens is 384 g/mol. The summed E-state index contributed by atoms with van der Waals surface area (Å²) in [5.41, 5.74) is 2.00. The number of phenols is 1. The topological polar surface area (TPSA) is 104 Å². The maximum atomic E-state index is 11.9. The van der Waals surface area contributed by atoms with Crippen LogP contribution in [0, 0.1) is 0 Å². The number of phenolic OH excluding ortho intramolecular Hbond substituents is 1. The molecule has 142 valence electrons. The third-order valence-electron chi connectivity index (χ3n) is 4.21. The van der Waals surface area contributed by atoms with Gasteiger partial charge in [0, 0.05) is 19.7 Å². The van der Waals surface area contributed by atoms with Crippen molar-refractivity contribution in [2.24, 2.45) is 5.14 Å². The fourth-order valence-electron chi connectivity index (χ4n) is 2.86. The summed E-state index contributed by atoms with van der Waals surface area (Å²) in [5, 5.41) is 28.5. The van der Waals surface area contributed by atoms with Crippen molar-refractivity contribution in [3.63, 3.8) is 0 Å². The summed E-state index contributed by atoms with van der Waals surface area (Å²) in [6, 6.07) is 13.8. The number of rotatable bonds is 5. The number of nitrogens with two attached hydrogens (primary N) is 1. The number of sulfonamides is 1. The average Bonchev–Trinajstić information content (AvgIpc) is 3.12. The molecule has 0 aliphatic rings. The Kier molecular flexibility index (Phi) is 5.25. The van der Waals surface area contributed by atoms with E-state index in [1.54, 1.807) is 48.6 Å². The van der Waals surface area contributed by atoms with Crippen molar-refractivity contribution in [3.05, 3.63) is 65.0 Å². The van der Waals surface area contributed by atoms with Crippen molar-refractivity contribution < 1.29 is 18.6 Å². The third-order valence-corrected chi connectivity index (χ3v) is 6.24. The highest BCUT2D eigenvalue weighted by molar-refractivity contribution is 7.89. The number of nitrogens with zero attached hydrogens (tertiary/aromatic N) is 1. The summed E-state index contributed by atoms with van der Waals surface area (Å²) in [5.74, 6) is -0.0728. The van der Waals surface area contributed by atoms with Crippen LogP contribution >= 0.6 is 11.3 Å². The van der Waals surface area contributed by atoms with Crippen LogP contribution < -0.4 is 10.0 Å². The minimum absolute atomic E-state index is 0.0566. The number of hydrogen-bond acceptors (Lipinski definition) is 6. The first-order valence-electron chi connectivity index (χ1n) is 8.08. The second kappa shape index (κ2) is 7.32. The number of thiophene rings is 1. The highest BCUT2D eigenvalue weighted by Crippen LogP contribution is 2.44. The first kappa shape index (κ1) is 19.4. The van der Waals surface area contributed by atoms with Gasteiger partial charge >= 0.3 is 0 Å². The van der Waals surface area contributed by atoms with Crippen LogP contribution in [0.5, 0.6) is 5.75 Å². The Labute approximate surface area is 162 Å². The second-order valence-electron chi connectivity index (χ2n) is 6.30. The van der Waals surface area contributed by atoms with Crippen molar-refractivity contribution >= 4 is 27.0 Å². The molecule has 0 bridgehead atoms. The van der Waals surface area contributed by atoms with Crippen LogP contribution in [0.25, 0.3) is 10.4 Å². The van der Waals surface area contributed by atoms with Gasteiger partial charge in [-0.05, 0) is 34.7 Å². The molecular formula is C19H20N2O4S2. The van der Waals surface area contributed by atoms with Crippen LogP contribution in [0.2, 0.25) is 0 Å². The fraction of sp³-hybridized carbons (Fsp3) is 0.158. The lowest BCUT2D eigenvalue weighted by molar-refractivity contribution is 0.220. The Morgan fingerprint density at radius 3 is 2.33 bits per heavy atom. The smallest absolute Gasteiger partial charge is 0.239 e. The molecule has 0 spiro atoms. The summed E-state index contributed by atoms with van der Waals surface area (Å²) >= 11 is 1.16. The Morgan fingerprint density at radius 1 is 1.07 bits per heavy atom. The number of benzene rings is 2. The van der Waals surface area contributed by atoms with Crippen molar-refractivity contribution in [2.75, 3.05) is 19.0 Å². The molecule has 3 aromatic rings. The van der Waals surface area contributed by atoms with Crippen molar-refractivity contribution in [1.82, 2.24) is 0 Å². The predicted molar refractivity (Wildman–Crippen MR) is 108 cm³/mol. The molecule has 1 atom stereocenters. The molecule has 0 fully saturated rings. The Morgan fingerprint density at radius 2 is 1.74 bits per heavy atom. The Hall–Kier alpha value is -2.39. The van der Waals surface area contributed by atoms with E-state index in [9.17, 15) is 18.6 Å². The lowest BCUT2D eigenvalue weighted by Gasteiger charge is -2.21. The molecule has 6 nitrogen and oxygen atoms in total. The quantitative estimate of drug-likeness (QED) is 0.607. The van der Waals surface area contributed by atoms with E-state index >= 15 is 0 Å². The number of aliphatic hydroxyl groups is 1. The minimum atomic E-state index is -3.95. The van der Waals surface area contributed by atoms with Gasteiger partial charge in [-0.3, -0.25) is 0 Å². The van der Waals surface area contributed by atoms with E-state index in [0.29, 0.717) is 27.3 Å². The fourth-order valence-corrected chi connectivity index (χ4v) is 4.87. The molecule has 1 unspecified atom stereocenters. The van der Waals surface area contributed by atoms with Gasteiger partial charge in [-0.15, -0.1) is 11.3 Å². The largest absolute Gasteiger partial charge is 0.505 e. The van der Waals surface area contributed by atoms with E-state index in [2.05, 4.69) is 0 Å². The van der Waals surface area contributed by atoms with Crippen LogP contribution in [0.1, 0.15) is 17.2 Å². The van der Waals surface area contributed by atoms with E-state index in [-0.39, 0.29) is 10.6 Å². The van der Waals surface area contributed by atoms with Gasteiger partial charge in [-0.2, -0.15) is 0 Å². The number of aliphatic hydroxyl groups excluding tert-OH is 1. The van der Waals surface area contributed by atoms with E-state index in [4.69, 9.17) is 5.14 Å². The van der Waals surface area contributed by atoms with E-state index in [0.717, 1.165) is 11.3 Å². The van der Waals surface area contributed by atoms with Crippen molar-refractivity contribution in [1.29, 1.82) is 0 Å². The molecule has 4 N–H and O–H groups in total. The molecule has 1 aromatic heterocycles. The van der Waals surface area contributed by atoms with Crippen LogP contribution in [0.3, 0.4) is 0 Å². The maximum Gasteiger partial charge on any atom is 0.239 e. The monoisotopic (exact) mass is 404 g/mol. The molecule has 0 radical (unpaired) electrons. The molecule has 27 heavy (non-hydrogen) atoms. The molecule has 2 aromatic carbocycles. The van der Waals surface area contributed by atoms with E-state index in [1.807, 2.05) is 18.2 Å². The summed E-state index contributed by atoms with van der Waals surface area (Å²) < 4.78 is 23.8. The first-order chi connectivity index (χ1) is 12.7. The zero-order valence-corrected chi connectivity index (χ0v) is 16.5. The van der Waals surface area contributed by atoms with Gasteiger partial charge in [0.2, 0.25) is 10.0 Å². The SMILES string of the molecule is CN(C)c1cc(C(O)c2ccccc2)cc(-c2sccc2S(N)(=O)=O)c1O. The van der Waals surface area contributed by atoms with Gasteiger partial charge in [0.15, 0.2) is 0 Å². The average molecular weight is 405 g/mol. The zero-order valence-electron chi connectivity index (χ0n) is 14.8. The van der Waals surface area contributed by atoms with Crippen LogP contribution in [-0.2, 0) is 10.0 Å². The van der Waals surface area contributed by atoms with Gasteiger partial charge < -0.3 is 15.1 Å². The standard InChI is InChI=1S/C19H20N2O4S2/c1-21(2)15-11-13(17(22)12-6-4-3-5-7-12)10-14(18(15)23)19-16(8-9-26-19)27(20,24)25/h3-11,17,22-23H,1-2H3,(H2,20,24,25). The molecule has 8 heteroatoms. The number of hydrogen-bond donors (Lipinski definition) is 3. The Bertz CT molecular complexity index is 1060. The number of aromatic hydroxyl groups is 1. The van der Waals surface area contributed by atoms with E-state index < -0.39 is 16.1 Å². The lowest BCUT2D eigenvalue weighted by atomic mass is 9.97. The lowest BCUT2D eigenvalue weighted by Crippen LogP contribution is -2.13. The summed E-state index contributed by atoms with van der Waals surface area (Å²) in [7, 11) is -0.437. The van der Waals surface area contributed by atoms with Gasteiger partial charge in [-0.25, -0.2) is 13.6 Å². The molecule has 0 amide bonds. The number of anilines is 1. The molecule has 1 heterocycles. The molecule has 0 aliphatic carbocycles. The zero-order chi connectivity index (χ0) is 19.8. The van der Waals surface area contributed by atoms with Crippen molar-refractivity contribution in [2.45, 2.75) is 11.0 Å². The second-order valence-corrected chi connectivity index (χ2v) is 8.75. The molecule has 0 saturated heterocycles. The molecule has 0 saturated carbocycles. The maximum absolute atomic E-state index is 11.9. The van der Waals surface area contributed by atoms with Gasteiger partial charge in [0.05, 0.1) is 10.6 Å². The van der Waals surface area contributed by atoms with Crippen LogP contribution in [0.15, 0.2) is 58.8 Å². The van der Waals surface area contributed by atoms with Crippen LogP contribution in [0.4, 0.5) is 5.69 Å².